The van der Waals surface area contributed by atoms with Crippen LogP contribution in [-0.2, 0) is 0 Å². The lowest BCUT2D eigenvalue weighted by Crippen LogP contribution is -2.20. The second-order valence-corrected chi connectivity index (χ2v) is 4.00. The van der Waals surface area contributed by atoms with Gasteiger partial charge in [0.1, 0.15) is 6.61 Å². The number of ketones is 1. The molecule has 0 bridgehead atoms. The summed E-state index contributed by atoms with van der Waals surface area (Å²) in [5.74, 6) is -0.191. The molecule has 0 aliphatic carbocycles. The van der Waals surface area contributed by atoms with Gasteiger partial charge in [-0.15, -0.1) is 0 Å². The summed E-state index contributed by atoms with van der Waals surface area (Å²) in [6, 6.07) is 4.85. The monoisotopic (exact) mass is 259 g/mol. The van der Waals surface area contributed by atoms with Crippen molar-refractivity contribution in [2.24, 2.45) is 0 Å². The fraction of sp³-hybridized carbons (Fsp3) is 0.417. The molecule has 1 aliphatic rings. The fourth-order valence-electron chi connectivity index (χ4n) is 1.78. The second-order valence-electron chi connectivity index (χ2n) is 4.00. The first kappa shape index (κ1) is 12.7. The first-order chi connectivity index (χ1) is 8.47. The summed E-state index contributed by atoms with van der Waals surface area (Å²) >= 11 is 0. The minimum absolute atomic E-state index is 0.212. The summed E-state index contributed by atoms with van der Waals surface area (Å²) < 4.78 is 41.6. The summed E-state index contributed by atoms with van der Waals surface area (Å²) in [6.45, 7) is 1.02. The van der Waals surface area contributed by atoms with Gasteiger partial charge in [0.2, 0.25) is 0 Å². The number of rotatable bonds is 3. The number of carbonyl (C=O) groups excluding carboxylic acids is 1. The quantitative estimate of drug-likeness (QED) is 0.848. The van der Waals surface area contributed by atoms with Crippen LogP contribution in [0.3, 0.4) is 0 Å². The highest BCUT2D eigenvalue weighted by Crippen LogP contribution is 2.33. The first-order valence-electron chi connectivity index (χ1n) is 5.57. The Hall–Kier alpha value is -1.72. The summed E-state index contributed by atoms with van der Waals surface area (Å²) in [4.78, 5) is 11.8. The van der Waals surface area contributed by atoms with Crippen LogP contribution in [0.15, 0.2) is 18.2 Å². The van der Waals surface area contributed by atoms with Gasteiger partial charge in [0.25, 0.3) is 0 Å². The predicted octanol–water partition coefficient (Wildman–Crippen LogP) is 3.02. The van der Waals surface area contributed by atoms with Crippen LogP contribution in [0.2, 0.25) is 0 Å². The van der Waals surface area contributed by atoms with Crippen molar-refractivity contribution in [3.05, 3.63) is 23.8 Å². The fourth-order valence-corrected chi connectivity index (χ4v) is 1.78. The Labute approximate surface area is 102 Å². The van der Waals surface area contributed by atoms with Gasteiger partial charge in [-0.05, 0) is 12.1 Å². The number of Topliss-reactive ketones (excluding diaryl/α,β-unsaturated/α-hetero) is 1. The van der Waals surface area contributed by atoms with Gasteiger partial charge >= 0.3 is 6.18 Å². The molecule has 0 saturated heterocycles. The molecule has 6 heteroatoms. The van der Waals surface area contributed by atoms with E-state index in [-0.39, 0.29) is 5.56 Å². The lowest BCUT2D eigenvalue weighted by Gasteiger charge is -2.21. The van der Waals surface area contributed by atoms with Gasteiger partial charge in [0, 0.05) is 13.0 Å². The Kier molecular flexibility index (Phi) is 3.45. The number of carbonyl (C=O) groups is 1. The molecule has 98 valence electrons. The molecule has 1 heterocycles. The zero-order valence-electron chi connectivity index (χ0n) is 9.51. The number of para-hydroxylation sites is 1. The Bertz CT molecular complexity index is 457. The van der Waals surface area contributed by atoms with Crippen LogP contribution in [0.4, 0.5) is 18.9 Å². The third-order valence-electron chi connectivity index (χ3n) is 2.61. The zero-order valence-corrected chi connectivity index (χ0v) is 9.51. The Morgan fingerprint density at radius 2 is 2.17 bits per heavy atom. The third-order valence-corrected chi connectivity index (χ3v) is 2.61. The van der Waals surface area contributed by atoms with Gasteiger partial charge in [0.05, 0.1) is 17.7 Å². The minimum atomic E-state index is -4.32. The molecule has 0 aromatic heterocycles. The van der Waals surface area contributed by atoms with Crippen molar-refractivity contribution < 1.29 is 22.7 Å². The van der Waals surface area contributed by atoms with E-state index < -0.39 is 24.8 Å². The molecule has 0 spiro atoms. The minimum Gasteiger partial charge on any atom is -0.489 e. The molecule has 1 aliphatic heterocycles. The van der Waals surface area contributed by atoms with E-state index in [2.05, 4.69) is 5.32 Å². The van der Waals surface area contributed by atoms with Crippen molar-refractivity contribution in [2.45, 2.75) is 19.0 Å². The molecular formula is C12H12F3NO2. The van der Waals surface area contributed by atoms with Crippen molar-refractivity contribution in [3.8, 4) is 5.75 Å². The highest BCUT2D eigenvalue weighted by atomic mass is 19.4. The number of hydrogen-bond donors (Lipinski definition) is 1. The molecule has 0 amide bonds. The number of fused-ring (bicyclic) bond motifs is 1. The Morgan fingerprint density at radius 1 is 1.39 bits per heavy atom. The average Bonchev–Trinajstić information content (AvgIpc) is 2.34. The molecule has 0 unspecified atom stereocenters. The molecular weight excluding hydrogens is 247 g/mol. The van der Waals surface area contributed by atoms with Crippen molar-refractivity contribution in [3.63, 3.8) is 0 Å². The van der Waals surface area contributed by atoms with E-state index in [9.17, 15) is 18.0 Å². The largest absolute Gasteiger partial charge is 0.489 e. The molecule has 0 saturated carbocycles. The Morgan fingerprint density at radius 3 is 2.89 bits per heavy atom. The van der Waals surface area contributed by atoms with E-state index in [4.69, 9.17) is 4.74 Å². The molecule has 1 N–H and O–H groups in total. The van der Waals surface area contributed by atoms with E-state index in [1.807, 2.05) is 0 Å². The highest BCUT2D eigenvalue weighted by Gasteiger charge is 2.29. The van der Waals surface area contributed by atoms with Crippen LogP contribution < -0.4 is 10.1 Å². The molecule has 0 radical (unpaired) electrons. The summed E-state index contributed by atoms with van der Waals surface area (Å²) in [7, 11) is 0. The van der Waals surface area contributed by atoms with Crippen molar-refractivity contribution in [1.29, 1.82) is 0 Å². The number of ether oxygens (including phenoxy) is 1. The molecule has 1 aromatic rings. The Balaban J connectivity index is 2.15. The molecule has 0 fully saturated rings. The van der Waals surface area contributed by atoms with Crippen LogP contribution in [0, 0.1) is 0 Å². The van der Waals surface area contributed by atoms with E-state index in [1.165, 1.54) is 6.07 Å². The number of halogens is 3. The smallest absolute Gasteiger partial charge is 0.389 e. The van der Waals surface area contributed by atoms with Crippen LogP contribution in [-0.4, -0.2) is 25.1 Å². The number of hydrogen-bond acceptors (Lipinski definition) is 3. The molecule has 3 nitrogen and oxygen atoms in total. The van der Waals surface area contributed by atoms with Crippen molar-refractivity contribution in [1.82, 2.24) is 0 Å². The van der Waals surface area contributed by atoms with Gasteiger partial charge in [-0.25, -0.2) is 0 Å². The first-order valence-corrected chi connectivity index (χ1v) is 5.57. The van der Waals surface area contributed by atoms with E-state index in [0.717, 1.165) is 0 Å². The number of alkyl halides is 3. The molecule has 18 heavy (non-hydrogen) atoms. The zero-order chi connectivity index (χ0) is 13.2. The van der Waals surface area contributed by atoms with E-state index in [0.29, 0.717) is 24.6 Å². The van der Waals surface area contributed by atoms with Gasteiger partial charge < -0.3 is 10.1 Å². The van der Waals surface area contributed by atoms with E-state index in [1.54, 1.807) is 12.1 Å². The van der Waals surface area contributed by atoms with Crippen molar-refractivity contribution in [2.75, 3.05) is 18.5 Å². The van der Waals surface area contributed by atoms with Crippen LogP contribution in [0.25, 0.3) is 0 Å². The molecule has 0 atom stereocenters. The predicted molar refractivity (Wildman–Crippen MR) is 60.0 cm³/mol. The van der Waals surface area contributed by atoms with Crippen LogP contribution >= 0.6 is 0 Å². The average molecular weight is 259 g/mol. The standard InChI is InChI=1S/C12H12F3NO2/c13-12(14,15)5-4-10(17)8-2-1-3-9-11(8)18-7-6-16-9/h1-3,16H,4-7H2. The summed E-state index contributed by atoms with van der Waals surface area (Å²) in [5, 5.41) is 3.03. The maximum absolute atomic E-state index is 12.1. The molecule has 2 rings (SSSR count). The number of nitrogens with one attached hydrogen (secondary N) is 1. The molecule has 1 aromatic carbocycles. The maximum Gasteiger partial charge on any atom is 0.389 e. The lowest BCUT2D eigenvalue weighted by atomic mass is 10.0. The van der Waals surface area contributed by atoms with Gasteiger partial charge in [-0.3, -0.25) is 4.79 Å². The number of anilines is 1. The second kappa shape index (κ2) is 4.88. The van der Waals surface area contributed by atoms with Crippen LogP contribution in [0.5, 0.6) is 5.75 Å². The topological polar surface area (TPSA) is 38.3 Å². The van der Waals surface area contributed by atoms with E-state index >= 15 is 0 Å². The van der Waals surface area contributed by atoms with Crippen molar-refractivity contribution >= 4 is 11.5 Å². The summed E-state index contributed by atoms with van der Waals surface area (Å²) in [5.41, 5.74) is 0.864. The SMILES string of the molecule is O=C(CCC(F)(F)F)c1cccc2c1OCCN2. The maximum atomic E-state index is 12.1. The summed E-state index contributed by atoms with van der Waals surface area (Å²) in [6.07, 6.45) is -5.98. The lowest BCUT2D eigenvalue weighted by molar-refractivity contribution is -0.133. The van der Waals surface area contributed by atoms with Gasteiger partial charge in [-0.2, -0.15) is 13.2 Å². The van der Waals surface area contributed by atoms with Crippen LogP contribution in [0.1, 0.15) is 23.2 Å². The number of benzene rings is 1. The normalized spacial score (nSPS) is 14.4. The third kappa shape index (κ3) is 2.94. The van der Waals surface area contributed by atoms with Gasteiger partial charge in [0.15, 0.2) is 11.5 Å². The van der Waals surface area contributed by atoms with Gasteiger partial charge in [-0.1, -0.05) is 6.07 Å². The highest BCUT2D eigenvalue weighted by molar-refractivity contribution is 6.00.